The van der Waals surface area contributed by atoms with Gasteiger partial charge in [0.2, 0.25) is 0 Å². The summed E-state index contributed by atoms with van der Waals surface area (Å²) in [6.07, 6.45) is 12.5. The molecule has 2 aliphatic rings. The molecule has 0 amide bonds. The molecule has 1 unspecified atom stereocenters. The lowest BCUT2D eigenvalue weighted by Gasteiger charge is -2.33. The van der Waals surface area contributed by atoms with E-state index in [1.807, 2.05) is 25.5 Å². The van der Waals surface area contributed by atoms with Crippen molar-refractivity contribution in [3.8, 4) is 11.1 Å². The molecule has 5 nitrogen and oxygen atoms in total. The molecule has 31 heavy (non-hydrogen) atoms. The van der Waals surface area contributed by atoms with E-state index >= 15 is 0 Å². The van der Waals surface area contributed by atoms with Crippen LogP contribution in [0.1, 0.15) is 44.2 Å². The van der Waals surface area contributed by atoms with E-state index in [2.05, 4.69) is 49.9 Å². The smallest absolute Gasteiger partial charge is 0.0974 e. The van der Waals surface area contributed by atoms with Gasteiger partial charge in [0.1, 0.15) is 0 Å². The molecule has 0 spiro atoms. The molecule has 0 radical (unpaired) electrons. The molecular formula is C25H30N4OS. The number of rotatable bonds is 5. The minimum absolute atomic E-state index is 0.381. The Hall–Kier alpha value is -2.31. The molecule has 1 aromatic carbocycles. The monoisotopic (exact) mass is 434 g/mol. The summed E-state index contributed by atoms with van der Waals surface area (Å²) < 4.78 is 15.1. The highest BCUT2D eigenvalue weighted by molar-refractivity contribution is 7.83. The van der Waals surface area contributed by atoms with E-state index in [1.54, 1.807) is 0 Å². The molecule has 3 aromatic rings. The second kappa shape index (κ2) is 9.05. The molecule has 1 aliphatic heterocycles. The molecule has 1 atom stereocenters. The Bertz CT molecular complexity index is 1070. The van der Waals surface area contributed by atoms with Crippen molar-refractivity contribution in [1.29, 1.82) is 0 Å². The van der Waals surface area contributed by atoms with Crippen LogP contribution in [0.2, 0.25) is 0 Å². The minimum atomic E-state index is -0.807. The molecule has 1 saturated carbocycles. The number of nitrogens with zero attached hydrogens (tertiary/aromatic N) is 3. The van der Waals surface area contributed by atoms with E-state index in [0.29, 0.717) is 11.3 Å². The number of pyridine rings is 2. The zero-order valence-corrected chi connectivity index (χ0v) is 18.9. The van der Waals surface area contributed by atoms with Gasteiger partial charge in [0.15, 0.2) is 0 Å². The average molecular weight is 435 g/mol. The first kappa shape index (κ1) is 20.6. The van der Waals surface area contributed by atoms with Gasteiger partial charge in [-0.3, -0.25) is 9.97 Å². The first-order chi connectivity index (χ1) is 15.2. The Balaban J connectivity index is 1.34. The summed E-state index contributed by atoms with van der Waals surface area (Å²) in [7, 11) is -0.807. The number of hydrogen-bond acceptors (Lipinski definition) is 4. The van der Waals surface area contributed by atoms with Crippen molar-refractivity contribution >= 4 is 27.4 Å². The van der Waals surface area contributed by atoms with Crippen molar-refractivity contribution in [2.45, 2.75) is 56.7 Å². The topological polar surface area (TPSA) is 58.1 Å². The Morgan fingerprint density at radius 1 is 1.00 bits per heavy atom. The van der Waals surface area contributed by atoms with Crippen LogP contribution in [0.3, 0.4) is 0 Å². The predicted molar refractivity (Wildman–Crippen MR) is 128 cm³/mol. The van der Waals surface area contributed by atoms with E-state index in [9.17, 15) is 4.21 Å². The normalized spacial score (nSPS) is 19.6. The lowest BCUT2D eigenvalue weighted by molar-refractivity contribution is 0.343. The van der Waals surface area contributed by atoms with Crippen LogP contribution in [0, 0.1) is 6.92 Å². The van der Waals surface area contributed by atoms with Gasteiger partial charge in [-0.1, -0.05) is 18.9 Å². The van der Waals surface area contributed by atoms with E-state index in [0.717, 1.165) is 66.7 Å². The van der Waals surface area contributed by atoms with E-state index in [-0.39, 0.29) is 0 Å². The summed E-state index contributed by atoms with van der Waals surface area (Å²) in [5.41, 5.74) is 4.42. The van der Waals surface area contributed by atoms with Crippen molar-refractivity contribution < 1.29 is 4.21 Å². The number of aryl methyl sites for hydroxylation is 1. The highest BCUT2D eigenvalue weighted by Crippen LogP contribution is 2.32. The fourth-order valence-electron chi connectivity index (χ4n) is 4.82. The third-order valence-electron chi connectivity index (χ3n) is 6.66. The molecule has 3 heterocycles. The van der Waals surface area contributed by atoms with Crippen molar-refractivity contribution in [3.63, 3.8) is 0 Å². The maximum atomic E-state index is 12.9. The second-order valence-corrected chi connectivity index (χ2v) is 10.6. The average Bonchev–Trinajstić information content (AvgIpc) is 3.34. The van der Waals surface area contributed by atoms with Crippen molar-refractivity contribution in [1.82, 2.24) is 14.3 Å². The van der Waals surface area contributed by atoms with Gasteiger partial charge in [-0.2, -0.15) is 0 Å². The van der Waals surface area contributed by atoms with Crippen LogP contribution in [-0.2, 0) is 11.0 Å². The van der Waals surface area contributed by atoms with E-state index < -0.39 is 11.0 Å². The molecule has 6 heteroatoms. The largest absolute Gasteiger partial charge is 0.382 e. The zero-order valence-electron chi connectivity index (χ0n) is 18.1. The maximum Gasteiger partial charge on any atom is 0.0974 e. The number of anilines is 1. The molecule has 1 N–H and O–H groups in total. The van der Waals surface area contributed by atoms with Gasteiger partial charge >= 0.3 is 0 Å². The van der Waals surface area contributed by atoms with Crippen LogP contribution in [0.15, 0.2) is 48.9 Å². The lowest BCUT2D eigenvalue weighted by Crippen LogP contribution is -2.42. The number of nitrogens with one attached hydrogen (secondary N) is 1. The summed E-state index contributed by atoms with van der Waals surface area (Å²) in [5, 5.41) is 6.49. The van der Waals surface area contributed by atoms with Crippen LogP contribution in [0.4, 0.5) is 5.69 Å². The Morgan fingerprint density at radius 2 is 1.81 bits per heavy atom. The molecule has 162 valence electrons. The van der Waals surface area contributed by atoms with Crippen LogP contribution in [0.25, 0.3) is 21.9 Å². The van der Waals surface area contributed by atoms with Gasteiger partial charge in [-0.05, 0) is 67.8 Å². The molecule has 0 bridgehead atoms. The Kier molecular flexibility index (Phi) is 6.01. The molecule has 2 fully saturated rings. The van der Waals surface area contributed by atoms with Gasteiger partial charge in [0.05, 0.1) is 11.0 Å². The Labute approximate surface area is 186 Å². The molecular weight excluding hydrogens is 404 g/mol. The van der Waals surface area contributed by atoms with Gasteiger partial charge < -0.3 is 5.32 Å². The molecule has 1 saturated heterocycles. The third kappa shape index (κ3) is 4.51. The highest BCUT2D eigenvalue weighted by Gasteiger charge is 2.29. The third-order valence-corrected chi connectivity index (χ3v) is 8.57. The predicted octanol–water partition coefficient (Wildman–Crippen LogP) is 5.09. The minimum Gasteiger partial charge on any atom is -0.382 e. The highest BCUT2D eigenvalue weighted by atomic mass is 32.2. The van der Waals surface area contributed by atoms with Crippen LogP contribution in [0.5, 0.6) is 0 Å². The number of aromatic nitrogens is 2. The van der Waals surface area contributed by atoms with Crippen molar-refractivity contribution in [2.24, 2.45) is 0 Å². The standard InChI is InChI=1S/C25H30N4OS/c1-18-6-7-20(16-27-18)21-14-19-8-11-26-17-24(19)25(15-21)28-22-9-12-29(13-10-22)31(30)23-4-2-3-5-23/h6-8,11,14-17,22-23,28H,2-5,9-10,12-13H2,1H3. The first-order valence-electron chi connectivity index (χ1n) is 11.4. The van der Waals surface area contributed by atoms with Crippen molar-refractivity contribution in [2.75, 3.05) is 18.4 Å². The maximum absolute atomic E-state index is 12.9. The lowest BCUT2D eigenvalue weighted by atomic mass is 10.00. The van der Waals surface area contributed by atoms with Crippen molar-refractivity contribution in [3.05, 3.63) is 54.6 Å². The van der Waals surface area contributed by atoms with Gasteiger partial charge in [0.25, 0.3) is 0 Å². The second-order valence-electron chi connectivity index (χ2n) is 8.84. The summed E-state index contributed by atoms with van der Waals surface area (Å²) in [5.74, 6) is 0. The quantitative estimate of drug-likeness (QED) is 0.608. The number of benzene rings is 1. The fourth-order valence-corrected chi connectivity index (χ4v) is 6.55. The Morgan fingerprint density at radius 3 is 2.55 bits per heavy atom. The number of fused-ring (bicyclic) bond motifs is 1. The zero-order chi connectivity index (χ0) is 21.2. The SMILES string of the molecule is Cc1ccc(-c2cc(NC3CCN(S(=O)C4CCCC4)CC3)c3cnccc3c2)cn1. The van der Waals surface area contributed by atoms with E-state index in [4.69, 9.17) is 0 Å². The summed E-state index contributed by atoms with van der Waals surface area (Å²) >= 11 is 0. The number of piperidine rings is 1. The number of hydrogen-bond donors (Lipinski definition) is 1. The van der Waals surface area contributed by atoms with E-state index in [1.165, 1.54) is 18.2 Å². The van der Waals surface area contributed by atoms with Gasteiger partial charge in [-0.25, -0.2) is 8.51 Å². The summed E-state index contributed by atoms with van der Waals surface area (Å²) in [6.45, 7) is 3.81. The van der Waals surface area contributed by atoms with Crippen LogP contribution >= 0.6 is 0 Å². The molecule has 2 aromatic heterocycles. The first-order valence-corrected chi connectivity index (χ1v) is 12.6. The molecule has 5 rings (SSSR count). The van der Waals surface area contributed by atoms with Crippen LogP contribution in [-0.4, -0.2) is 42.9 Å². The van der Waals surface area contributed by atoms with Crippen LogP contribution < -0.4 is 5.32 Å². The summed E-state index contributed by atoms with van der Waals surface area (Å²) in [4.78, 5) is 8.83. The fraction of sp³-hybridized carbons (Fsp3) is 0.440. The molecule has 1 aliphatic carbocycles. The van der Waals surface area contributed by atoms with Gasteiger partial charge in [0, 0.05) is 65.3 Å². The summed E-state index contributed by atoms with van der Waals surface area (Å²) in [6, 6.07) is 11.1. The van der Waals surface area contributed by atoms with Gasteiger partial charge in [-0.15, -0.1) is 0 Å².